The van der Waals surface area contributed by atoms with Crippen molar-refractivity contribution in [3.8, 4) is 0 Å². The van der Waals surface area contributed by atoms with Crippen molar-refractivity contribution >= 4 is 24.2 Å². The van der Waals surface area contributed by atoms with Crippen LogP contribution in [-0.4, -0.2) is 57.4 Å². The maximum Gasteiger partial charge on any atom is 0.409 e. The zero-order valence-corrected chi connectivity index (χ0v) is 15.0. The second kappa shape index (κ2) is 8.81. The largest absolute Gasteiger partial charge is 0.450 e. The van der Waals surface area contributed by atoms with Crippen LogP contribution in [0.2, 0.25) is 0 Å². The first kappa shape index (κ1) is 18.4. The molecule has 1 aliphatic rings. The number of piperidine rings is 1. The van der Waals surface area contributed by atoms with E-state index in [1.807, 2.05) is 0 Å². The highest BCUT2D eigenvalue weighted by Gasteiger charge is 2.24. The first-order valence-corrected chi connectivity index (χ1v) is 8.81. The summed E-state index contributed by atoms with van der Waals surface area (Å²) >= 11 is 5.19. The topological polar surface area (TPSA) is 92.3 Å². The Bertz CT molecular complexity index is 619. The van der Waals surface area contributed by atoms with Crippen molar-refractivity contribution in [1.82, 2.24) is 25.0 Å². The van der Waals surface area contributed by atoms with Gasteiger partial charge in [0.1, 0.15) is 12.4 Å². The second-order valence-electron chi connectivity index (χ2n) is 5.81. The Hall–Kier alpha value is -1.90. The molecule has 1 aliphatic heterocycles. The van der Waals surface area contributed by atoms with E-state index >= 15 is 0 Å². The highest BCUT2D eigenvalue weighted by molar-refractivity contribution is 7.71. The van der Waals surface area contributed by atoms with E-state index in [9.17, 15) is 9.59 Å². The van der Waals surface area contributed by atoms with Crippen molar-refractivity contribution in [2.75, 3.05) is 19.7 Å². The number of carbonyl (C=O) groups excluding carboxylic acids is 2. The van der Waals surface area contributed by atoms with Crippen LogP contribution in [-0.2, 0) is 22.5 Å². The summed E-state index contributed by atoms with van der Waals surface area (Å²) in [4.78, 5) is 25.6. The standard InChI is InChI=1S/C15H25N5O3S/c1-3-5-12-17-18-14(24)20(12)10-13(21)16-11-6-8-19(9-7-11)15(22)23-4-2/h11H,3-10H2,1-2H3,(H,16,21)(H,18,24). The molecule has 0 atom stereocenters. The monoisotopic (exact) mass is 355 g/mol. The Kier molecular flexibility index (Phi) is 6.77. The van der Waals surface area contributed by atoms with Gasteiger partial charge in [-0.15, -0.1) is 0 Å². The molecule has 1 saturated heterocycles. The predicted octanol–water partition coefficient (Wildman–Crippen LogP) is 1.63. The summed E-state index contributed by atoms with van der Waals surface area (Å²) in [5.74, 6) is 0.717. The normalized spacial score (nSPS) is 15.3. The van der Waals surface area contributed by atoms with Crippen LogP contribution < -0.4 is 5.32 Å². The zero-order valence-electron chi connectivity index (χ0n) is 14.2. The van der Waals surface area contributed by atoms with Gasteiger partial charge in [-0.1, -0.05) is 6.92 Å². The molecule has 1 fully saturated rings. The van der Waals surface area contributed by atoms with Crippen molar-refractivity contribution in [3.63, 3.8) is 0 Å². The van der Waals surface area contributed by atoms with Gasteiger partial charge in [0, 0.05) is 25.6 Å². The van der Waals surface area contributed by atoms with Crippen molar-refractivity contribution in [3.05, 3.63) is 10.6 Å². The van der Waals surface area contributed by atoms with E-state index in [0.717, 1.165) is 31.5 Å². The Morgan fingerprint density at radius 1 is 1.38 bits per heavy atom. The van der Waals surface area contributed by atoms with Crippen LogP contribution in [0.4, 0.5) is 4.79 Å². The molecule has 134 valence electrons. The molecule has 0 unspecified atom stereocenters. The van der Waals surface area contributed by atoms with E-state index in [4.69, 9.17) is 17.0 Å². The molecule has 0 radical (unpaired) electrons. The van der Waals surface area contributed by atoms with Crippen molar-refractivity contribution < 1.29 is 14.3 Å². The smallest absolute Gasteiger partial charge is 0.409 e. The molecule has 0 aliphatic carbocycles. The van der Waals surface area contributed by atoms with E-state index in [1.165, 1.54) is 0 Å². The molecule has 1 aromatic rings. The minimum absolute atomic E-state index is 0.0684. The summed E-state index contributed by atoms with van der Waals surface area (Å²) < 4.78 is 7.19. The number of aromatic amines is 1. The molecule has 8 nitrogen and oxygen atoms in total. The Balaban J connectivity index is 1.83. The minimum atomic E-state index is -0.281. The van der Waals surface area contributed by atoms with Gasteiger partial charge in [0.2, 0.25) is 5.91 Å². The first-order chi connectivity index (χ1) is 11.5. The SMILES string of the molecule is CCCc1n[nH]c(=S)n1CC(=O)NC1CCN(C(=O)OCC)CC1. The lowest BCUT2D eigenvalue weighted by atomic mass is 10.1. The fourth-order valence-electron chi connectivity index (χ4n) is 2.77. The number of rotatable bonds is 6. The molecule has 2 heterocycles. The number of nitrogens with one attached hydrogen (secondary N) is 2. The van der Waals surface area contributed by atoms with Gasteiger partial charge in [0.15, 0.2) is 4.77 Å². The van der Waals surface area contributed by atoms with Crippen molar-refractivity contribution in [2.45, 2.75) is 52.1 Å². The quantitative estimate of drug-likeness (QED) is 0.757. The van der Waals surface area contributed by atoms with Crippen LogP contribution in [0.1, 0.15) is 38.9 Å². The fourth-order valence-corrected chi connectivity index (χ4v) is 2.98. The third-order valence-corrected chi connectivity index (χ3v) is 4.31. The van der Waals surface area contributed by atoms with Crippen LogP contribution in [0.5, 0.6) is 0 Å². The maximum absolute atomic E-state index is 12.3. The van der Waals surface area contributed by atoms with Gasteiger partial charge in [-0.05, 0) is 38.4 Å². The number of ether oxygens (including phenoxy) is 1. The summed E-state index contributed by atoms with van der Waals surface area (Å²) in [5.41, 5.74) is 0. The molecule has 0 spiro atoms. The highest BCUT2D eigenvalue weighted by atomic mass is 32.1. The van der Waals surface area contributed by atoms with Crippen LogP contribution >= 0.6 is 12.2 Å². The number of amides is 2. The van der Waals surface area contributed by atoms with Crippen LogP contribution in [0, 0.1) is 4.77 Å². The number of likely N-dealkylation sites (tertiary alicyclic amines) is 1. The zero-order chi connectivity index (χ0) is 17.5. The van der Waals surface area contributed by atoms with Gasteiger partial charge >= 0.3 is 6.09 Å². The summed E-state index contributed by atoms with van der Waals surface area (Å²) in [6, 6.07) is 0.0684. The third-order valence-electron chi connectivity index (χ3n) is 4.00. The molecular weight excluding hydrogens is 330 g/mol. The summed E-state index contributed by atoms with van der Waals surface area (Å²) in [7, 11) is 0. The molecule has 0 aromatic carbocycles. The predicted molar refractivity (Wildman–Crippen MR) is 91.2 cm³/mol. The molecule has 2 N–H and O–H groups in total. The fraction of sp³-hybridized carbons (Fsp3) is 0.733. The molecule has 9 heteroatoms. The van der Waals surface area contributed by atoms with Gasteiger partial charge in [0.25, 0.3) is 0 Å². The molecule has 0 bridgehead atoms. The van der Waals surface area contributed by atoms with Gasteiger partial charge in [-0.2, -0.15) is 5.10 Å². The molecule has 2 amide bonds. The average molecular weight is 355 g/mol. The molecule has 0 saturated carbocycles. The number of carbonyl (C=O) groups is 2. The Labute approximate surface area is 146 Å². The van der Waals surface area contributed by atoms with Crippen LogP contribution in [0.25, 0.3) is 0 Å². The molecule has 24 heavy (non-hydrogen) atoms. The molecule has 2 rings (SSSR count). The van der Waals surface area contributed by atoms with E-state index in [1.54, 1.807) is 16.4 Å². The Morgan fingerprint density at radius 3 is 2.71 bits per heavy atom. The average Bonchev–Trinajstić information content (AvgIpc) is 2.89. The van der Waals surface area contributed by atoms with Crippen LogP contribution in [0.3, 0.4) is 0 Å². The number of H-pyrrole nitrogens is 1. The van der Waals surface area contributed by atoms with Gasteiger partial charge in [-0.3, -0.25) is 14.5 Å². The summed E-state index contributed by atoms with van der Waals surface area (Å²) in [6.07, 6.45) is 2.88. The van der Waals surface area contributed by atoms with E-state index in [0.29, 0.717) is 24.5 Å². The number of hydrogen-bond acceptors (Lipinski definition) is 5. The maximum atomic E-state index is 12.3. The molecular formula is C15H25N5O3S. The second-order valence-corrected chi connectivity index (χ2v) is 6.20. The van der Waals surface area contributed by atoms with Gasteiger partial charge in [-0.25, -0.2) is 4.79 Å². The van der Waals surface area contributed by atoms with E-state index in [-0.39, 0.29) is 24.6 Å². The summed E-state index contributed by atoms with van der Waals surface area (Å²) in [5, 5.41) is 9.92. The first-order valence-electron chi connectivity index (χ1n) is 8.40. The van der Waals surface area contributed by atoms with E-state index in [2.05, 4.69) is 22.4 Å². The lowest BCUT2D eigenvalue weighted by Gasteiger charge is -2.31. The Morgan fingerprint density at radius 2 is 2.08 bits per heavy atom. The van der Waals surface area contributed by atoms with Crippen molar-refractivity contribution in [2.24, 2.45) is 0 Å². The lowest BCUT2D eigenvalue weighted by molar-refractivity contribution is -0.122. The number of nitrogens with zero attached hydrogens (tertiary/aromatic N) is 3. The van der Waals surface area contributed by atoms with E-state index < -0.39 is 0 Å². The number of aryl methyl sites for hydroxylation is 1. The van der Waals surface area contributed by atoms with Crippen LogP contribution in [0.15, 0.2) is 0 Å². The summed E-state index contributed by atoms with van der Waals surface area (Å²) in [6.45, 7) is 5.58. The lowest BCUT2D eigenvalue weighted by Crippen LogP contribution is -2.47. The number of hydrogen-bond donors (Lipinski definition) is 2. The van der Waals surface area contributed by atoms with Gasteiger partial charge in [0.05, 0.1) is 6.61 Å². The third kappa shape index (κ3) is 4.80. The minimum Gasteiger partial charge on any atom is -0.450 e. The highest BCUT2D eigenvalue weighted by Crippen LogP contribution is 2.12. The van der Waals surface area contributed by atoms with Crippen molar-refractivity contribution in [1.29, 1.82) is 0 Å². The van der Waals surface area contributed by atoms with Gasteiger partial charge < -0.3 is 15.0 Å². The number of aromatic nitrogens is 3. The molecule has 1 aromatic heterocycles.